The average Bonchev–Trinajstić information content (AvgIpc) is 2.33. The van der Waals surface area contributed by atoms with Gasteiger partial charge < -0.3 is 5.32 Å². The lowest BCUT2D eigenvalue weighted by Crippen LogP contribution is -2.14. The molecule has 0 heterocycles. The Kier molecular flexibility index (Phi) is 5.41. The largest absolute Gasteiger partial charge is 0.358 e. The highest BCUT2D eigenvalue weighted by Crippen LogP contribution is 2.14. The van der Waals surface area contributed by atoms with Crippen LogP contribution in [0.4, 0.5) is 0 Å². The van der Waals surface area contributed by atoms with E-state index in [1.165, 1.54) is 0 Å². The number of amides is 1. The molecule has 1 amide bonds. The van der Waals surface area contributed by atoms with Crippen LogP contribution in [-0.2, 0) is 24.1 Å². The first kappa shape index (κ1) is 12.9. The van der Waals surface area contributed by atoms with Crippen LogP contribution in [-0.4, -0.2) is 13.0 Å². The Morgan fingerprint density at radius 1 is 1.18 bits per heavy atom. The maximum Gasteiger partial charge on any atom is 0.207 e. The number of terminal acetylenes is 2. The monoisotopic (exact) mass is 225 g/mol. The van der Waals surface area contributed by atoms with Crippen LogP contribution in [0.2, 0.25) is 0 Å². The summed E-state index contributed by atoms with van der Waals surface area (Å²) in [6.45, 7) is 0.632. The second-order valence-electron chi connectivity index (χ2n) is 3.69. The number of benzene rings is 1. The van der Waals surface area contributed by atoms with Crippen LogP contribution in [0.1, 0.15) is 16.7 Å². The topological polar surface area (TPSA) is 29.1 Å². The van der Waals surface area contributed by atoms with Crippen molar-refractivity contribution in [2.45, 2.75) is 19.3 Å². The lowest BCUT2D eigenvalue weighted by molar-refractivity contribution is -0.109. The summed E-state index contributed by atoms with van der Waals surface area (Å²) in [5, 5.41) is 2.63. The van der Waals surface area contributed by atoms with Crippen molar-refractivity contribution in [1.29, 1.82) is 0 Å². The van der Waals surface area contributed by atoms with Crippen LogP contribution in [0.3, 0.4) is 0 Å². The summed E-state index contributed by atoms with van der Waals surface area (Å²) >= 11 is 0. The second kappa shape index (κ2) is 7.14. The summed E-state index contributed by atoms with van der Waals surface area (Å²) < 4.78 is 0. The molecular weight excluding hydrogens is 210 g/mol. The van der Waals surface area contributed by atoms with Gasteiger partial charge >= 0.3 is 0 Å². The molecule has 86 valence electrons. The van der Waals surface area contributed by atoms with Gasteiger partial charge in [0.25, 0.3) is 0 Å². The summed E-state index contributed by atoms with van der Waals surface area (Å²) in [7, 11) is 0. The van der Waals surface area contributed by atoms with Gasteiger partial charge in [0.2, 0.25) is 6.41 Å². The van der Waals surface area contributed by atoms with E-state index in [0.717, 1.165) is 23.1 Å². The van der Waals surface area contributed by atoms with Gasteiger partial charge in [-0.15, -0.1) is 24.7 Å². The number of hydrogen-bond acceptors (Lipinski definition) is 1. The summed E-state index contributed by atoms with van der Waals surface area (Å²) in [6, 6.07) is 6.11. The van der Waals surface area contributed by atoms with Gasteiger partial charge in [-0.2, -0.15) is 0 Å². The molecule has 0 unspecified atom stereocenters. The first-order valence-electron chi connectivity index (χ1n) is 5.46. The molecule has 0 aromatic heterocycles. The molecule has 0 aliphatic rings. The molecule has 0 atom stereocenters. The van der Waals surface area contributed by atoms with Crippen molar-refractivity contribution in [3.05, 3.63) is 34.9 Å². The van der Waals surface area contributed by atoms with Crippen molar-refractivity contribution < 1.29 is 4.79 Å². The molecule has 0 saturated heterocycles. The number of rotatable bonds is 6. The predicted molar refractivity (Wildman–Crippen MR) is 69.3 cm³/mol. The summed E-state index contributed by atoms with van der Waals surface area (Å²) in [6.07, 6.45) is 13.3. The summed E-state index contributed by atoms with van der Waals surface area (Å²) in [4.78, 5) is 10.1. The molecule has 0 fully saturated rings. The van der Waals surface area contributed by atoms with E-state index in [1.54, 1.807) is 0 Å². The van der Waals surface area contributed by atoms with Gasteiger partial charge in [-0.05, 0) is 23.1 Å². The van der Waals surface area contributed by atoms with Crippen LogP contribution < -0.4 is 5.32 Å². The molecule has 0 radical (unpaired) electrons. The zero-order chi connectivity index (χ0) is 12.5. The highest BCUT2D eigenvalue weighted by atomic mass is 16.1. The van der Waals surface area contributed by atoms with Crippen molar-refractivity contribution in [2.24, 2.45) is 0 Å². The number of carbonyl (C=O) groups excluding carboxylic acids is 1. The third kappa shape index (κ3) is 4.05. The van der Waals surface area contributed by atoms with Gasteiger partial charge in [-0.3, -0.25) is 4.79 Å². The Balaban J connectivity index is 2.82. The van der Waals surface area contributed by atoms with Crippen molar-refractivity contribution in [2.75, 3.05) is 6.54 Å². The minimum Gasteiger partial charge on any atom is -0.358 e. The van der Waals surface area contributed by atoms with Gasteiger partial charge in [-0.25, -0.2) is 0 Å². The smallest absolute Gasteiger partial charge is 0.207 e. The van der Waals surface area contributed by atoms with Crippen molar-refractivity contribution in [3.63, 3.8) is 0 Å². The van der Waals surface area contributed by atoms with E-state index in [4.69, 9.17) is 12.8 Å². The third-order valence-corrected chi connectivity index (χ3v) is 2.50. The fourth-order valence-electron chi connectivity index (χ4n) is 1.67. The van der Waals surface area contributed by atoms with Gasteiger partial charge in [-0.1, -0.05) is 18.2 Å². The van der Waals surface area contributed by atoms with E-state index in [1.807, 2.05) is 12.1 Å². The zero-order valence-electron chi connectivity index (χ0n) is 9.70. The van der Waals surface area contributed by atoms with Crippen LogP contribution in [0.5, 0.6) is 0 Å². The normalized spacial score (nSPS) is 9.06. The quantitative estimate of drug-likeness (QED) is 0.441. The Hall–Kier alpha value is -2.19. The molecule has 1 N–H and O–H groups in total. The van der Waals surface area contributed by atoms with E-state index < -0.39 is 0 Å². The summed E-state index contributed by atoms with van der Waals surface area (Å²) in [5.41, 5.74) is 3.37. The Labute approximate surface area is 102 Å². The molecular formula is C15H15NO. The van der Waals surface area contributed by atoms with Crippen molar-refractivity contribution in [3.8, 4) is 24.7 Å². The molecule has 0 bridgehead atoms. The van der Waals surface area contributed by atoms with E-state index in [2.05, 4.69) is 23.2 Å². The highest BCUT2D eigenvalue weighted by molar-refractivity contribution is 5.46. The molecule has 2 nitrogen and oxygen atoms in total. The van der Waals surface area contributed by atoms with E-state index >= 15 is 0 Å². The molecule has 0 saturated carbocycles. The number of carbonyl (C=O) groups is 1. The standard InChI is InChI=1S/C15H15NO/c1-3-5-14-8-7-13(9-10-16-12-17)11-15(14)6-4-2/h1-2,7-8,11-12H,5-6,9-10H2,(H,16,17). The first-order valence-corrected chi connectivity index (χ1v) is 5.46. The second-order valence-corrected chi connectivity index (χ2v) is 3.69. The Bertz CT molecular complexity index is 463. The number of hydrogen-bond donors (Lipinski definition) is 1. The Morgan fingerprint density at radius 3 is 2.53 bits per heavy atom. The van der Waals surface area contributed by atoms with E-state index in [9.17, 15) is 4.79 Å². The zero-order valence-corrected chi connectivity index (χ0v) is 9.70. The maximum absolute atomic E-state index is 10.1. The molecule has 1 aromatic carbocycles. The van der Waals surface area contributed by atoms with Crippen LogP contribution in [0.25, 0.3) is 0 Å². The molecule has 0 aliphatic heterocycles. The van der Waals surface area contributed by atoms with Crippen LogP contribution in [0.15, 0.2) is 18.2 Å². The van der Waals surface area contributed by atoms with Gasteiger partial charge in [0.15, 0.2) is 0 Å². The third-order valence-electron chi connectivity index (χ3n) is 2.50. The van der Waals surface area contributed by atoms with E-state index in [-0.39, 0.29) is 0 Å². The predicted octanol–water partition coefficient (Wildman–Crippen LogP) is 1.33. The molecule has 17 heavy (non-hydrogen) atoms. The summed E-state index contributed by atoms with van der Waals surface area (Å²) in [5.74, 6) is 5.26. The minimum absolute atomic E-state index is 0.589. The fraction of sp³-hybridized carbons (Fsp3) is 0.267. The molecule has 2 heteroatoms. The lowest BCUT2D eigenvalue weighted by atomic mass is 9.98. The fourth-order valence-corrected chi connectivity index (χ4v) is 1.67. The van der Waals surface area contributed by atoms with Crippen molar-refractivity contribution >= 4 is 6.41 Å². The Morgan fingerprint density at radius 2 is 1.88 bits per heavy atom. The van der Waals surface area contributed by atoms with E-state index in [0.29, 0.717) is 25.8 Å². The molecule has 1 rings (SSSR count). The van der Waals surface area contributed by atoms with Gasteiger partial charge in [0.1, 0.15) is 0 Å². The number of nitrogens with one attached hydrogen (secondary N) is 1. The van der Waals surface area contributed by atoms with Gasteiger partial charge in [0, 0.05) is 19.4 Å². The highest BCUT2D eigenvalue weighted by Gasteiger charge is 2.02. The lowest BCUT2D eigenvalue weighted by Gasteiger charge is -2.08. The van der Waals surface area contributed by atoms with Crippen LogP contribution in [0, 0.1) is 24.7 Å². The minimum atomic E-state index is 0.589. The van der Waals surface area contributed by atoms with Crippen LogP contribution >= 0.6 is 0 Å². The average molecular weight is 225 g/mol. The molecule has 0 spiro atoms. The first-order chi connectivity index (χ1) is 8.31. The molecule has 0 aliphatic carbocycles. The van der Waals surface area contributed by atoms with Gasteiger partial charge in [0.05, 0.1) is 0 Å². The maximum atomic E-state index is 10.1. The molecule has 1 aromatic rings. The SMILES string of the molecule is C#CCc1ccc(CCNC=O)cc1CC#C. The van der Waals surface area contributed by atoms with Crippen molar-refractivity contribution in [1.82, 2.24) is 5.32 Å².